The summed E-state index contributed by atoms with van der Waals surface area (Å²) in [5.41, 5.74) is 7.34. The molecule has 18 heteroatoms. The van der Waals surface area contributed by atoms with Gasteiger partial charge >= 0.3 is 5.97 Å². The standard InChI is InChI=1S/C56H72N8O10/c1-8-63-47-17-16-38-31-42(47)43(50(63)41-13-11-19-57-46(41)33-72-7)32-55(4,5)35-74-53(69)44-14-12-21-64(59-44)52(68)45(29-37-27-39(38)30-40(65)28-37)58-51(67)49(36(2)3)60(6)54(70)56(71)18-22-62(34-56)48(66)15-9-10-20-61-23-25-73-26-24-61/h11,13,16-17,19,27-28,30-31,36,44-45,49,59,65,71H,8,10,12,14,18,20-26,29,32-35H2,1-7H3,(H,58,67)/t44-,45-,49-,56+/m0/s1. The molecule has 2 aromatic heterocycles. The van der Waals surface area contributed by atoms with Gasteiger partial charge in [-0.1, -0.05) is 45.7 Å². The molecule has 6 heterocycles. The fourth-order valence-electron chi connectivity index (χ4n) is 11.0. The smallest absolute Gasteiger partial charge is 0.324 e. The monoisotopic (exact) mass is 1020 g/mol. The maximum absolute atomic E-state index is 14.8. The van der Waals surface area contributed by atoms with E-state index in [1.807, 2.05) is 18.2 Å². The number of aromatic nitrogens is 2. The minimum absolute atomic E-state index is 0.0436. The first-order valence-corrected chi connectivity index (χ1v) is 25.9. The number of nitrogens with zero attached hydrogens (tertiary/aromatic N) is 6. The first-order valence-electron chi connectivity index (χ1n) is 25.9. The van der Waals surface area contributed by atoms with Crippen molar-refractivity contribution in [1.29, 1.82) is 0 Å². The molecule has 4 aliphatic heterocycles. The van der Waals surface area contributed by atoms with E-state index in [1.54, 1.807) is 39.3 Å². The highest BCUT2D eigenvalue weighted by molar-refractivity contribution is 5.98. The van der Waals surface area contributed by atoms with Crippen molar-refractivity contribution in [2.24, 2.45) is 11.3 Å². The van der Waals surface area contributed by atoms with E-state index in [9.17, 15) is 34.2 Å². The predicted octanol–water partition coefficient (Wildman–Crippen LogP) is 4.06. The molecule has 4 atom stereocenters. The number of fused-ring (bicyclic) bond motifs is 6. The molecule has 0 radical (unpaired) electrons. The summed E-state index contributed by atoms with van der Waals surface area (Å²) < 4.78 is 19.4. The van der Waals surface area contributed by atoms with Crippen LogP contribution >= 0.6 is 0 Å². The lowest BCUT2D eigenvalue weighted by Gasteiger charge is -2.37. The van der Waals surface area contributed by atoms with Crippen molar-refractivity contribution >= 4 is 40.5 Å². The molecule has 8 rings (SSSR count). The molecular weight excluding hydrogens is 945 g/mol. The van der Waals surface area contributed by atoms with Crippen molar-refractivity contribution in [3.8, 4) is 40.0 Å². The Kier molecular flexibility index (Phi) is 16.8. The van der Waals surface area contributed by atoms with Gasteiger partial charge in [0.1, 0.15) is 23.9 Å². The van der Waals surface area contributed by atoms with Gasteiger partial charge in [0.2, 0.25) is 5.91 Å². The predicted molar refractivity (Wildman–Crippen MR) is 278 cm³/mol. The van der Waals surface area contributed by atoms with Gasteiger partial charge < -0.3 is 44.1 Å². The van der Waals surface area contributed by atoms with Crippen LogP contribution in [0.15, 0.2) is 54.7 Å². The van der Waals surface area contributed by atoms with Crippen LogP contribution in [0.1, 0.15) is 77.1 Å². The van der Waals surface area contributed by atoms with Gasteiger partial charge in [-0.15, -0.1) is 0 Å². The van der Waals surface area contributed by atoms with E-state index < -0.39 is 64.7 Å². The van der Waals surface area contributed by atoms with Gasteiger partial charge in [-0.25, -0.2) is 5.43 Å². The number of aryl methyl sites for hydroxylation is 1. The van der Waals surface area contributed by atoms with E-state index in [2.05, 4.69) is 71.0 Å². The number of benzene rings is 2. The van der Waals surface area contributed by atoms with E-state index >= 15 is 0 Å². The number of aromatic hydroxyl groups is 1. The lowest BCUT2D eigenvalue weighted by molar-refractivity contribution is -0.156. The number of hydrogen-bond donors (Lipinski definition) is 4. The number of hydrazine groups is 1. The molecule has 3 saturated heterocycles. The van der Waals surface area contributed by atoms with Crippen LogP contribution in [-0.2, 0) is 64.2 Å². The first kappa shape index (κ1) is 53.9. The van der Waals surface area contributed by atoms with Gasteiger partial charge in [0, 0.05) is 101 Å². The number of hydrogen-bond acceptors (Lipinski definition) is 13. The molecule has 4 aliphatic rings. The Hall–Kier alpha value is -6.36. The molecule has 4 amide bonds. The number of amides is 4. The minimum atomic E-state index is -1.98. The van der Waals surface area contributed by atoms with Crippen molar-refractivity contribution in [3.63, 3.8) is 0 Å². The molecule has 0 aliphatic carbocycles. The molecule has 396 valence electrons. The number of ether oxygens (including phenoxy) is 3. The lowest BCUT2D eigenvalue weighted by atomic mass is 9.84. The Labute approximate surface area is 433 Å². The Morgan fingerprint density at radius 2 is 1.84 bits per heavy atom. The van der Waals surface area contributed by atoms with Crippen LogP contribution in [0.3, 0.4) is 0 Å². The van der Waals surface area contributed by atoms with Crippen LogP contribution in [0.4, 0.5) is 0 Å². The van der Waals surface area contributed by atoms with Crippen LogP contribution in [0, 0.1) is 23.2 Å². The van der Waals surface area contributed by atoms with Gasteiger partial charge in [0.05, 0.1) is 44.4 Å². The van der Waals surface area contributed by atoms with Crippen LogP contribution in [0.5, 0.6) is 5.75 Å². The third kappa shape index (κ3) is 11.9. The normalized spacial score (nSPS) is 21.9. The Morgan fingerprint density at radius 3 is 2.58 bits per heavy atom. The molecule has 0 saturated carbocycles. The highest BCUT2D eigenvalue weighted by atomic mass is 16.5. The maximum Gasteiger partial charge on any atom is 0.324 e. The fourth-order valence-corrected chi connectivity index (χ4v) is 11.0. The number of β-amino-alcohol motifs (C(OH)–C–C–N with tert-alkyl or cyclic N) is 1. The molecule has 18 nitrogen and oxygen atoms in total. The van der Waals surface area contributed by atoms with E-state index in [4.69, 9.17) is 19.2 Å². The molecule has 3 fully saturated rings. The van der Waals surface area contributed by atoms with Crippen molar-refractivity contribution in [3.05, 3.63) is 71.5 Å². The topological polar surface area (TPSA) is 208 Å². The van der Waals surface area contributed by atoms with Crippen molar-refractivity contribution < 1.29 is 48.4 Å². The largest absolute Gasteiger partial charge is 0.508 e. The highest BCUT2D eigenvalue weighted by Gasteiger charge is 2.48. The number of cyclic esters (lactones) is 1. The minimum Gasteiger partial charge on any atom is -0.508 e. The molecule has 4 N–H and O–H groups in total. The Morgan fingerprint density at radius 1 is 1.05 bits per heavy atom. The average molecular weight is 1020 g/mol. The number of phenolic OH excluding ortho intramolecular Hbond substituents is 1. The number of likely N-dealkylation sites (N-methyl/N-ethyl adjacent to an activating group) is 1. The second kappa shape index (κ2) is 23.0. The number of nitrogens with one attached hydrogen (secondary N) is 2. The first-order chi connectivity index (χ1) is 35.4. The zero-order valence-electron chi connectivity index (χ0n) is 43.9. The lowest BCUT2D eigenvalue weighted by Crippen LogP contribution is -2.63. The molecule has 0 unspecified atom stereocenters. The van der Waals surface area contributed by atoms with Gasteiger partial charge in [0.15, 0.2) is 5.60 Å². The number of methoxy groups -OCH3 is 1. The molecule has 74 heavy (non-hydrogen) atoms. The SMILES string of the molecule is CCn1c(-c2cccnc2COC)c2c3cc(ccc31)-c1cc(O)cc(c1)C[C@H](NC(=O)[C@H](C(C)C)N(C)C(=O)[C@@]1(O)CCN(C(=O)C#CCCN3CCOCC3)C1)C(=O)N1CCC[C@H](N1)C(=O)OCC(C)(C)C2. The summed E-state index contributed by atoms with van der Waals surface area (Å²) >= 11 is 0. The van der Waals surface area contributed by atoms with Crippen LogP contribution in [0.25, 0.3) is 33.3 Å². The van der Waals surface area contributed by atoms with E-state index in [0.29, 0.717) is 69.7 Å². The maximum atomic E-state index is 14.8. The molecule has 2 aromatic carbocycles. The zero-order chi connectivity index (χ0) is 52.9. The third-order valence-corrected chi connectivity index (χ3v) is 14.7. The van der Waals surface area contributed by atoms with Gasteiger partial charge in [-0.2, -0.15) is 0 Å². The number of likely N-dealkylation sites (tertiary alicyclic amines) is 1. The Balaban J connectivity index is 1.10. The highest BCUT2D eigenvalue weighted by Crippen LogP contribution is 2.41. The third-order valence-electron chi connectivity index (χ3n) is 14.7. The van der Waals surface area contributed by atoms with Crippen molar-refractivity contribution in [1.82, 2.24) is 40.0 Å². The number of aliphatic hydroxyl groups is 1. The van der Waals surface area contributed by atoms with Crippen LogP contribution < -0.4 is 10.7 Å². The van der Waals surface area contributed by atoms with Crippen molar-refractivity contribution in [2.45, 2.75) is 110 Å². The van der Waals surface area contributed by atoms with Crippen LogP contribution in [0.2, 0.25) is 0 Å². The number of rotatable bonds is 11. The van der Waals surface area contributed by atoms with Gasteiger partial charge in [-0.3, -0.25) is 38.9 Å². The number of esters is 1. The fraction of sp³-hybridized carbons (Fsp3) is 0.536. The van der Waals surface area contributed by atoms with E-state index in [1.165, 1.54) is 21.9 Å². The summed E-state index contributed by atoms with van der Waals surface area (Å²) in [6.07, 6.45) is 3.53. The van der Waals surface area contributed by atoms with E-state index in [-0.39, 0.29) is 44.8 Å². The number of pyridine rings is 1. The molecule has 0 spiro atoms. The van der Waals surface area contributed by atoms with E-state index in [0.717, 1.165) is 52.1 Å². The molecule has 4 aromatic rings. The molecular formula is C56H72N8O10. The summed E-state index contributed by atoms with van der Waals surface area (Å²) in [6, 6.07) is 12.0. The van der Waals surface area contributed by atoms with Gasteiger partial charge in [0.25, 0.3) is 17.7 Å². The zero-order valence-corrected chi connectivity index (χ0v) is 43.9. The molecule has 6 bridgehead atoms. The second-order valence-corrected chi connectivity index (χ2v) is 21.3. The summed E-state index contributed by atoms with van der Waals surface area (Å²) in [7, 11) is 3.08. The summed E-state index contributed by atoms with van der Waals surface area (Å²) in [4.78, 5) is 80.4. The number of carbonyl (C=O) groups is 5. The van der Waals surface area contributed by atoms with Crippen molar-refractivity contribution in [2.75, 3.05) is 73.2 Å². The number of carbonyl (C=O) groups excluding carboxylic acids is 5. The average Bonchev–Trinajstić information content (AvgIpc) is 3.93. The summed E-state index contributed by atoms with van der Waals surface area (Å²) in [6.45, 7) is 14.5. The van der Waals surface area contributed by atoms with Crippen LogP contribution in [-0.4, -0.2) is 166 Å². The summed E-state index contributed by atoms with van der Waals surface area (Å²) in [5, 5.41) is 28.4. The Bertz CT molecular complexity index is 2810. The second-order valence-electron chi connectivity index (χ2n) is 21.3. The number of phenols is 1. The van der Waals surface area contributed by atoms with Gasteiger partial charge in [-0.05, 0) is 96.7 Å². The quantitative estimate of drug-likeness (QED) is 0.124. The summed E-state index contributed by atoms with van der Waals surface area (Å²) in [5.74, 6) is 2.13. The number of morpholine rings is 1.